The second-order valence-electron chi connectivity index (χ2n) is 20.2. The summed E-state index contributed by atoms with van der Waals surface area (Å²) < 4.78 is 15.0. The summed E-state index contributed by atoms with van der Waals surface area (Å²) in [4.78, 5) is 81.9. The molecule has 6 heterocycles. The van der Waals surface area contributed by atoms with Gasteiger partial charge in [-0.15, -0.1) is 0 Å². The molecule has 0 fully saturated rings. The predicted molar refractivity (Wildman–Crippen MR) is 304 cm³/mol. The molecule has 4 aromatic heterocycles. The van der Waals surface area contributed by atoms with Crippen LogP contribution in [0.1, 0.15) is 71.7 Å². The molecule has 12 rings (SSSR count). The third-order valence-corrected chi connectivity index (χ3v) is 15.5. The van der Waals surface area contributed by atoms with Gasteiger partial charge in [0.25, 0.3) is 34.7 Å². The number of carbonyl (C=O) groups is 2. The monoisotopic (exact) mass is 1110 g/mol. The Morgan fingerprint density at radius 1 is 0.575 bits per heavy atom. The van der Waals surface area contributed by atoms with E-state index in [2.05, 4.69) is 4.98 Å². The Bertz CT molecular complexity index is 4270. The van der Waals surface area contributed by atoms with Crippen LogP contribution in [-0.4, -0.2) is 102 Å². The predicted octanol–water partition coefficient (Wildman–Crippen LogP) is 9.43. The number of rotatable bonds is 10. The van der Waals surface area contributed by atoms with Gasteiger partial charge in [-0.1, -0.05) is 89.9 Å². The van der Waals surface area contributed by atoms with Crippen LogP contribution in [0.15, 0.2) is 146 Å². The molecule has 6 aromatic carbocycles. The molecule has 0 bridgehead atoms. The average molecular weight is 1110 g/mol. The van der Waals surface area contributed by atoms with Gasteiger partial charge < -0.3 is 38.6 Å². The van der Waals surface area contributed by atoms with Gasteiger partial charge in [0.05, 0.1) is 18.6 Å². The van der Waals surface area contributed by atoms with Crippen LogP contribution in [0.2, 0.25) is 10.0 Å². The van der Waals surface area contributed by atoms with E-state index in [1.54, 1.807) is 94.9 Å². The number of halogens is 2. The second-order valence-corrected chi connectivity index (χ2v) is 21.1. The van der Waals surface area contributed by atoms with Gasteiger partial charge in [0.15, 0.2) is 22.6 Å². The van der Waals surface area contributed by atoms with Crippen LogP contribution >= 0.6 is 23.2 Å². The molecule has 18 nitrogen and oxygen atoms in total. The van der Waals surface area contributed by atoms with E-state index in [-0.39, 0.29) is 59.0 Å². The van der Waals surface area contributed by atoms with E-state index in [0.717, 1.165) is 27.8 Å². The van der Waals surface area contributed by atoms with Crippen LogP contribution < -0.4 is 20.9 Å². The maximum atomic E-state index is 15.0. The normalized spacial score (nSPS) is 15.0. The van der Waals surface area contributed by atoms with Crippen molar-refractivity contribution in [1.29, 1.82) is 0 Å². The van der Waals surface area contributed by atoms with E-state index in [9.17, 15) is 29.4 Å². The fraction of sp³-hybridized carbons (Fsp3) is 0.200. The van der Waals surface area contributed by atoms with Crippen LogP contribution in [0.3, 0.4) is 0 Å². The first-order chi connectivity index (χ1) is 38.5. The zero-order valence-electron chi connectivity index (χ0n) is 43.9. The maximum Gasteiger partial charge on any atom is 0.298 e. The van der Waals surface area contributed by atoms with Crippen molar-refractivity contribution in [3.8, 4) is 34.7 Å². The largest absolute Gasteiger partial charge is 0.501 e. The number of fused-ring (bicyclic) bond motifs is 4. The summed E-state index contributed by atoms with van der Waals surface area (Å²) in [5.41, 5.74) is 6.09. The first-order valence-corrected chi connectivity index (χ1v) is 26.4. The lowest BCUT2D eigenvalue weighted by Crippen LogP contribution is -2.41. The molecule has 0 radical (unpaired) electrons. The number of aromatic nitrogens is 6. The number of nitrogens with zero attached hydrogens (tertiary/aromatic N) is 10. The first-order valence-electron chi connectivity index (χ1n) is 25.6. The number of hydrogen-bond acceptors (Lipinski definition) is 14. The summed E-state index contributed by atoms with van der Waals surface area (Å²) in [6.07, 6.45) is 0.983. The molecule has 0 saturated heterocycles. The van der Waals surface area contributed by atoms with Crippen molar-refractivity contribution in [3.63, 3.8) is 0 Å². The molecular weight excluding hydrogens is 1060 g/mol. The lowest BCUT2D eigenvalue weighted by molar-refractivity contribution is 0.0820. The standard InChI is InChI=1S/C60H50Cl2N10O8/c1-67(2)55(75)35-21-22-37-34(29-35)25-27-70(49(37)38-12-6-8-14-41(38)61)59-65-47(51(73)57(77)69(59)5)54-64-44-28-32(18-23-46(44)80-54)31-72-58(78)52(74)48(53-63-43-16-10-11-17-45(43)79-53)66-60(72)71-26-24-33-19-20-36(56(76)68(3)4)30-40(33)50(71)39-13-7-9-15-42(39)62/h6-23,28-30,49-50,73-74H,24-27,31H2,1-5H3/t49-,50+/m1/s1. The summed E-state index contributed by atoms with van der Waals surface area (Å²) in [6.45, 7) is 0.533. The summed E-state index contributed by atoms with van der Waals surface area (Å²) >= 11 is 14.0. The first kappa shape index (κ1) is 51.5. The minimum atomic E-state index is -0.798. The van der Waals surface area contributed by atoms with Crippen molar-refractivity contribution in [2.45, 2.75) is 31.5 Å². The fourth-order valence-electron chi connectivity index (χ4n) is 10.9. The molecule has 402 valence electrons. The minimum absolute atomic E-state index is 0.0662. The molecule has 20 heteroatoms. The quantitative estimate of drug-likeness (QED) is 0.131. The van der Waals surface area contributed by atoms with Crippen molar-refractivity contribution >= 4 is 69.1 Å². The van der Waals surface area contributed by atoms with Gasteiger partial charge in [-0.25, -0.2) is 19.9 Å². The van der Waals surface area contributed by atoms with Gasteiger partial charge >= 0.3 is 0 Å². The van der Waals surface area contributed by atoms with E-state index in [0.29, 0.717) is 74.8 Å². The highest BCUT2D eigenvalue weighted by Gasteiger charge is 2.37. The lowest BCUT2D eigenvalue weighted by atomic mass is 9.87. The van der Waals surface area contributed by atoms with Crippen LogP contribution in [0.25, 0.3) is 45.4 Å². The maximum absolute atomic E-state index is 15.0. The molecule has 0 spiro atoms. The number of anilines is 2. The zero-order valence-corrected chi connectivity index (χ0v) is 45.4. The average Bonchev–Trinajstić information content (AvgIpc) is 3.90. The van der Waals surface area contributed by atoms with Crippen molar-refractivity contribution in [1.82, 2.24) is 38.9 Å². The molecule has 2 atom stereocenters. The van der Waals surface area contributed by atoms with Gasteiger partial charge in [-0.3, -0.25) is 28.3 Å². The van der Waals surface area contributed by atoms with Gasteiger partial charge in [-0.05, 0) is 112 Å². The van der Waals surface area contributed by atoms with Crippen LogP contribution in [0, 0.1) is 0 Å². The summed E-state index contributed by atoms with van der Waals surface area (Å²) in [5.74, 6) is -1.58. The molecule has 2 N–H and O–H groups in total. The summed E-state index contributed by atoms with van der Waals surface area (Å²) in [5, 5.41) is 24.4. The highest BCUT2D eigenvalue weighted by Crippen LogP contribution is 2.44. The number of aromatic hydroxyl groups is 2. The molecular formula is C60H50Cl2N10O8. The SMILES string of the molecule is CN(C)C(=O)c1ccc2c(c1)CCN(c1nc(-c3nc4cc(Cn5c(N6CCc7ccc(C(=O)N(C)C)cc7[C@@H]6c6ccccc6Cl)nc(-c6nc7ccccc7o6)c(O)c5=O)ccc4o3)c(O)c(=O)n1C)[C@H]2c1ccccc1Cl. The minimum Gasteiger partial charge on any atom is -0.501 e. The summed E-state index contributed by atoms with van der Waals surface area (Å²) in [6, 6.07) is 36.8. The Morgan fingerprint density at radius 3 is 1.76 bits per heavy atom. The number of para-hydroxylation sites is 2. The van der Waals surface area contributed by atoms with Crippen molar-refractivity contribution in [3.05, 3.63) is 208 Å². The molecule has 2 aliphatic heterocycles. The van der Waals surface area contributed by atoms with E-state index in [4.69, 9.17) is 47.0 Å². The lowest BCUT2D eigenvalue weighted by Gasteiger charge is -2.40. The Labute approximate surface area is 466 Å². The second kappa shape index (κ2) is 20.2. The highest BCUT2D eigenvalue weighted by molar-refractivity contribution is 6.31. The molecule has 80 heavy (non-hydrogen) atoms. The molecule has 2 aliphatic rings. The molecule has 0 unspecified atom stereocenters. The Hall–Kier alpha value is -9.26. The molecule has 0 saturated carbocycles. The third kappa shape index (κ3) is 8.85. The van der Waals surface area contributed by atoms with Gasteiger partial charge in [-0.2, -0.15) is 0 Å². The number of carbonyl (C=O) groups excluding carboxylic acids is 2. The molecule has 0 aliphatic carbocycles. The van der Waals surface area contributed by atoms with Crippen molar-refractivity contribution in [2.24, 2.45) is 7.05 Å². The third-order valence-electron chi connectivity index (χ3n) is 14.8. The van der Waals surface area contributed by atoms with E-state index >= 15 is 0 Å². The summed E-state index contributed by atoms with van der Waals surface area (Å²) in [7, 11) is 8.30. The van der Waals surface area contributed by atoms with Gasteiger partial charge in [0, 0.05) is 69.5 Å². The Kier molecular flexibility index (Phi) is 13.0. The van der Waals surface area contributed by atoms with Gasteiger partial charge in [0.2, 0.25) is 23.4 Å². The van der Waals surface area contributed by atoms with Gasteiger partial charge in [0.1, 0.15) is 11.0 Å². The number of hydrogen-bond donors (Lipinski definition) is 2. The zero-order chi connectivity index (χ0) is 55.8. The topological polar surface area (TPSA) is 209 Å². The fourth-order valence-corrected chi connectivity index (χ4v) is 11.4. The van der Waals surface area contributed by atoms with E-state index < -0.39 is 34.7 Å². The highest BCUT2D eigenvalue weighted by atomic mass is 35.5. The van der Waals surface area contributed by atoms with Crippen molar-refractivity contribution in [2.75, 3.05) is 51.1 Å². The number of amides is 2. The smallest absolute Gasteiger partial charge is 0.298 e. The number of oxazole rings is 2. The Balaban J connectivity index is 0.963. The van der Waals surface area contributed by atoms with E-state index in [1.807, 2.05) is 70.5 Å². The van der Waals surface area contributed by atoms with Crippen molar-refractivity contribution < 1.29 is 28.6 Å². The Morgan fingerprint density at radius 2 is 1.11 bits per heavy atom. The van der Waals surface area contributed by atoms with Crippen LogP contribution in [0.5, 0.6) is 11.5 Å². The van der Waals surface area contributed by atoms with E-state index in [1.165, 1.54) is 26.0 Å². The van der Waals surface area contributed by atoms with Crippen LogP contribution in [0.4, 0.5) is 11.9 Å². The molecule has 2 amide bonds. The number of benzene rings is 6. The van der Waals surface area contributed by atoms with Crippen LogP contribution in [-0.2, 0) is 26.4 Å². The molecule has 10 aromatic rings.